The molecule has 0 aromatic heterocycles. The second-order valence-electron chi connectivity index (χ2n) is 5.19. The summed E-state index contributed by atoms with van der Waals surface area (Å²) in [5.74, 6) is 0.0458. The average Bonchev–Trinajstić information content (AvgIpc) is 2.27. The van der Waals surface area contributed by atoms with E-state index in [1.807, 2.05) is 26.8 Å². The van der Waals surface area contributed by atoms with Crippen molar-refractivity contribution in [2.75, 3.05) is 0 Å². The molecule has 0 saturated heterocycles. The van der Waals surface area contributed by atoms with E-state index in [0.717, 1.165) is 0 Å². The van der Waals surface area contributed by atoms with Crippen LogP contribution in [0.4, 0.5) is 0 Å². The smallest absolute Gasteiger partial charge is 0.237 e. The van der Waals surface area contributed by atoms with E-state index in [0.29, 0.717) is 0 Å². The van der Waals surface area contributed by atoms with E-state index in [1.165, 1.54) is 11.1 Å². The molecule has 0 bridgehead atoms. The summed E-state index contributed by atoms with van der Waals surface area (Å²) < 4.78 is 0. The zero-order chi connectivity index (χ0) is 13.7. The van der Waals surface area contributed by atoms with E-state index in [4.69, 9.17) is 0 Å². The first-order valence-corrected chi connectivity index (χ1v) is 6.53. The van der Waals surface area contributed by atoms with Gasteiger partial charge in [0.15, 0.2) is 0 Å². The molecular weight excluding hydrogens is 224 g/mol. The van der Waals surface area contributed by atoms with Crippen molar-refractivity contribution in [1.29, 1.82) is 0 Å². The summed E-state index contributed by atoms with van der Waals surface area (Å²) in [6.07, 6.45) is 0. The Bertz CT molecular complexity index is 401. The molecule has 0 aliphatic rings. The summed E-state index contributed by atoms with van der Waals surface area (Å²) in [6.45, 7) is 9.98. The van der Waals surface area contributed by atoms with Gasteiger partial charge < -0.3 is 5.32 Å². The summed E-state index contributed by atoms with van der Waals surface area (Å²) in [6, 6.07) is 8.49. The second-order valence-corrected chi connectivity index (χ2v) is 5.19. The Morgan fingerprint density at radius 3 is 2.39 bits per heavy atom. The molecule has 1 rings (SSSR count). The third-order valence-electron chi connectivity index (χ3n) is 2.87. The van der Waals surface area contributed by atoms with E-state index in [9.17, 15) is 4.79 Å². The van der Waals surface area contributed by atoms with Gasteiger partial charge in [-0.3, -0.25) is 10.1 Å². The Labute approximate surface area is 110 Å². The van der Waals surface area contributed by atoms with Crippen LogP contribution in [0.1, 0.15) is 44.9 Å². The summed E-state index contributed by atoms with van der Waals surface area (Å²) in [5.41, 5.74) is 2.44. The van der Waals surface area contributed by atoms with Crippen LogP contribution in [-0.4, -0.2) is 18.0 Å². The van der Waals surface area contributed by atoms with E-state index < -0.39 is 0 Å². The van der Waals surface area contributed by atoms with Gasteiger partial charge in [-0.15, -0.1) is 0 Å². The normalized spacial score (nSPS) is 14.3. The minimum absolute atomic E-state index is 0.0458. The number of hydrogen-bond acceptors (Lipinski definition) is 2. The lowest BCUT2D eigenvalue weighted by atomic mass is 10.0. The van der Waals surface area contributed by atoms with Gasteiger partial charge in [0, 0.05) is 12.1 Å². The molecule has 1 aromatic rings. The number of rotatable bonds is 5. The summed E-state index contributed by atoms with van der Waals surface area (Å²) in [4.78, 5) is 11.8. The predicted octanol–water partition coefficient (Wildman–Crippen LogP) is 2.56. The van der Waals surface area contributed by atoms with Crippen molar-refractivity contribution in [2.24, 2.45) is 0 Å². The quantitative estimate of drug-likeness (QED) is 0.841. The molecule has 0 radical (unpaired) electrons. The fourth-order valence-corrected chi connectivity index (χ4v) is 1.90. The molecule has 18 heavy (non-hydrogen) atoms. The standard InChI is InChI=1S/C15H24N2O/c1-10(2)16-15(18)13(5)17-12(4)14-8-6-7-11(3)9-14/h6-10,12-13,17H,1-5H3,(H,16,18). The molecule has 0 aliphatic carbocycles. The van der Waals surface area contributed by atoms with Gasteiger partial charge in [-0.1, -0.05) is 29.8 Å². The molecule has 2 unspecified atom stereocenters. The Kier molecular flexibility index (Phi) is 5.35. The minimum atomic E-state index is -0.192. The Morgan fingerprint density at radius 1 is 1.17 bits per heavy atom. The lowest BCUT2D eigenvalue weighted by molar-refractivity contribution is -0.123. The SMILES string of the molecule is Cc1cccc(C(C)NC(C)C(=O)NC(C)C)c1. The first-order valence-electron chi connectivity index (χ1n) is 6.53. The number of amides is 1. The third-order valence-corrected chi connectivity index (χ3v) is 2.87. The van der Waals surface area contributed by atoms with Crippen LogP contribution in [0.5, 0.6) is 0 Å². The average molecular weight is 248 g/mol. The third kappa shape index (κ3) is 4.49. The summed E-state index contributed by atoms with van der Waals surface area (Å²) in [7, 11) is 0. The lowest BCUT2D eigenvalue weighted by Crippen LogP contribution is -2.45. The van der Waals surface area contributed by atoms with E-state index in [2.05, 4.69) is 42.7 Å². The first-order chi connectivity index (χ1) is 8.40. The highest BCUT2D eigenvalue weighted by molar-refractivity contribution is 5.81. The largest absolute Gasteiger partial charge is 0.353 e. The fraction of sp³-hybridized carbons (Fsp3) is 0.533. The van der Waals surface area contributed by atoms with Crippen LogP contribution in [0.15, 0.2) is 24.3 Å². The molecule has 1 amide bonds. The highest BCUT2D eigenvalue weighted by atomic mass is 16.2. The van der Waals surface area contributed by atoms with Crippen molar-refractivity contribution < 1.29 is 4.79 Å². The monoisotopic (exact) mass is 248 g/mol. The molecule has 0 fully saturated rings. The molecule has 0 saturated carbocycles. The van der Waals surface area contributed by atoms with Crippen LogP contribution >= 0.6 is 0 Å². The van der Waals surface area contributed by atoms with E-state index >= 15 is 0 Å². The topological polar surface area (TPSA) is 41.1 Å². The van der Waals surface area contributed by atoms with Gasteiger partial charge in [0.05, 0.1) is 6.04 Å². The molecule has 100 valence electrons. The Balaban J connectivity index is 2.59. The first kappa shape index (κ1) is 14.7. The van der Waals surface area contributed by atoms with Crippen LogP contribution in [0, 0.1) is 6.92 Å². The van der Waals surface area contributed by atoms with Crippen LogP contribution in [0.2, 0.25) is 0 Å². The molecule has 1 aromatic carbocycles. The Morgan fingerprint density at radius 2 is 1.83 bits per heavy atom. The molecule has 0 aliphatic heterocycles. The maximum absolute atomic E-state index is 11.8. The van der Waals surface area contributed by atoms with Gasteiger partial charge >= 0.3 is 0 Å². The minimum Gasteiger partial charge on any atom is -0.353 e. The van der Waals surface area contributed by atoms with Crippen molar-refractivity contribution >= 4 is 5.91 Å². The van der Waals surface area contributed by atoms with E-state index in [-0.39, 0.29) is 24.0 Å². The number of nitrogens with one attached hydrogen (secondary N) is 2. The number of carbonyl (C=O) groups excluding carboxylic acids is 1. The highest BCUT2D eigenvalue weighted by Gasteiger charge is 2.16. The molecule has 3 heteroatoms. The van der Waals surface area contributed by atoms with Crippen molar-refractivity contribution in [3.63, 3.8) is 0 Å². The van der Waals surface area contributed by atoms with Gasteiger partial charge in [0.2, 0.25) is 5.91 Å². The molecule has 2 atom stereocenters. The van der Waals surface area contributed by atoms with Crippen LogP contribution < -0.4 is 10.6 Å². The predicted molar refractivity (Wildman–Crippen MR) is 75.5 cm³/mol. The molecule has 2 N–H and O–H groups in total. The second kappa shape index (κ2) is 6.55. The van der Waals surface area contributed by atoms with Gasteiger partial charge in [0.25, 0.3) is 0 Å². The van der Waals surface area contributed by atoms with Crippen LogP contribution in [0.25, 0.3) is 0 Å². The molecule has 0 heterocycles. The maximum atomic E-state index is 11.8. The summed E-state index contributed by atoms with van der Waals surface area (Å²) >= 11 is 0. The number of benzene rings is 1. The molecule has 0 spiro atoms. The van der Waals surface area contributed by atoms with Gasteiger partial charge in [-0.25, -0.2) is 0 Å². The zero-order valence-corrected chi connectivity index (χ0v) is 11.9. The lowest BCUT2D eigenvalue weighted by Gasteiger charge is -2.21. The van der Waals surface area contributed by atoms with Crippen molar-refractivity contribution in [3.8, 4) is 0 Å². The molecular formula is C15H24N2O. The number of hydrogen-bond donors (Lipinski definition) is 2. The van der Waals surface area contributed by atoms with Crippen molar-refractivity contribution in [2.45, 2.75) is 52.7 Å². The number of carbonyl (C=O) groups is 1. The fourth-order valence-electron chi connectivity index (χ4n) is 1.90. The van der Waals surface area contributed by atoms with Crippen molar-refractivity contribution in [1.82, 2.24) is 10.6 Å². The number of aryl methyl sites for hydroxylation is 1. The van der Waals surface area contributed by atoms with E-state index in [1.54, 1.807) is 0 Å². The summed E-state index contributed by atoms with van der Waals surface area (Å²) in [5, 5.41) is 6.23. The zero-order valence-electron chi connectivity index (χ0n) is 11.9. The Hall–Kier alpha value is -1.35. The van der Waals surface area contributed by atoms with Gasteiger partial charge in [0.1, 0.15) is 0 Å². The van der Waals surface area contributed by atoms with Crippen LogP contribution in [-0.2, 0) is 4.79 Å². The highest BCUT2D eigenvalue weighted by Crippen LogP contribution is 2.14. The van der Waals surface area contributed by atoms with Crippen LogP contribution in [0.3, 0.4) is 0 Å². The van der Waals surface area contributed by atoms with Gasteiger partial charge in [-0.2, -0.15) is 0 Å². The van der Waals surface area contributed by atoms with Gasteiger partial charge in [-0.05, 0) is 40.2 Å². The molecule has 3 nitrogen and oxygen atoms in total. The van der Waals surface area contributed by atoms with Crippen molar-refractivity contribution in [3.05, 3.63) is 35.4 Å². The maximum Gasteiger partial charge on any atom is 0.237 e.